The largest absolute Gasteiger partial charge is 0.420 e. The minimum atomic E-state index is -5.22. The maximum Gasteiger partial charge on any atom is 0.420 e. The number of alkyl halides is 5. The average molecular weight is 240 g/mol. The van der Waals surface area contributed by atoms with E-state index in [-0.39, 0.29) is 6.20 Å². The Morgan fingerprint density at radius 1 is 1.31 bits per heavy atom. The fraction of sp³-hybridized carbons (Fsp3) is 0.250. The summed E-state index contributed by atoms with van der Waals surface area (Å²) in [5, 5.41) is 8.35. The van der Waals surface area contributed by atoms with Gasteiger partial charge in [-0.15, -0.1) is 0 Å². The second-order valence-electron chi connectivity index (χ2n) is 2.65. The fourth-order valence-electron chi connectivity index (χ4n) is 1.06. The lowest BCUT2D eigenvalue weighted by Crippen LogP contribution is -2.14. The van der Waals surface area contributed by atoms with Crippen molar-refractivity contribution in [3.63, 3.8) is 0 Å². The Labute approximate surface area is 85.1 Å². The van der Waals surface area contributed by atoms with E-state index in [1.54, 1.807) is 0 Å². The number of hydrogen-bond donors (Lipinski definition) is 0. The molecule has 0 aliphatic carbocycles. The number of rotatable bonds is 1. The summed E-state index contributed by atoms with van der Waals surface area (Å²) in [5.74, 6) is -1.85. The maximum atomic E-state index is 12.8. The van der Waals surface area contributed by atoms with Crippen molar-refractivity contribution in [3.8, 4) is 6.07 Å². The van der Waals surface area contributed by atoms with Gasteiger partial charge in [0.1, 0.15) is 17.3 Å². The van der Waals surface area contributed by atoms with Crippen LogP contribution in [-0.2, 0) is 6.18 Å². The van der Waals surface area contributed by atoms with Crippen LogP contribution in [0.25, 0.3) is 0 Å². The van der Waals surface area contributed by atoms with Crippen LogP contribution in [0.4, 0.5) is 26.3 Å². The van der Waals surface area contributed by atoms with E-state index in [4.69, 9.17) is 5.26 Å². The highest BCUT2D eigenvalue weighted by Gasteiger charge is 2.39. The van der Waals surface area contributed by atoms with E-state index in [1.165, 1.54) is 0 Å². The van der Waals surface area contributed by atoms with Gasteiger partial charge in [0.2, 0.25) is 0 Å². The topological polar surface area (TPSA) is 36.7 Å². The predicted molar refractivity (Wildman–Crippen MR) is 38.9 cm³/mol. The van der Waals surface area contributed by atoms with Crippen LogP contribution in [-0.4, -0.2) is 4.98 Å². The highest BCUT2D eigenvalue weighted by Crippen LogP contribution is 2.36. The molecule has 86 valence electrons. The standard InChI is InChI=1S/C8H2F6N2/c9-4-2-16-6(7(10)11)3(1-15)5(4)8(12,13)14/h2,7H. The third kappa shape index (κ3) is 2.08. The molecule has 0 aliphatic rings. The van der Waals surface area contributed by atoms with Gasteiger partial charge in [0.15, 0.2) is 5.82 Å². The highest BCUT2D eigenvalue weighted by atomic mass is 19.4. The van der Waals surface area contributed by atoms with Gasteiger partial charge < -0.3 is 0 Å². The summed E-state index contributed by atoms with van der Waals surface area (Å²) < 4.78 is 74.0. The van der Waals surface area contributed by atoms with Crippen molar-refractivity contribution in [2.24, 2.45) is 0 Å². The Morgan fingerprint density at radius 3 is 2.25 bits per heavy atom. The van der Waals surface area contributed by atoms with Crippen LogP contribution in [0, 0.1) is 17.1 Å². The maximum absolute atomic E-state index is 12.8. The molecule has 8 heteroatoms. The molecule has 1 heterocycles. The van der Waals surface area contributed by atoms with Gasteiger partial charge in [-0.25, -0.2) is 13.2 Å². The molecular formula is C8H2F6N2. The molecule has 0 spiro atoms. The van der Waals surface area contributed by atoms with Crippen molar-refractivity contribution in [1.29, 1.82) is 5.26 Å². The summed E-state index contributed by atoms with van der Waals surface area (Å²) >= 11 is 0. The molecule has 0 saturated carbocycles. The van der Waals surface area contributed by atoms with Gasteiger partial charge in [-0.1, -0.05) is 0 Å². The molecule has 0 radical (unpaired) electrons. The minimum Gasteiger partial charge on any atom is -0.251 e. The normalized spacial score (nSPS) is 11.6. The van der Waals surface area contributed by atoms with Gasteiger partial charge in [-0.3, -0.25) is 4.98 Å². The van der Waals surface area contributed by atoms with E-state index in [9.17, 15) is 26.3 Å². The third-order valence-electron chi connectivity index (χ3n) is 1.66. The lowest BCUT2D eigenvalue weighted by atomic mass is 10.1. The molecule has 0 N–H and O–H groups in total. The SMILES string of the molecule is N#Cc1c(C(F)F)ncc(F)c1C(F)(F)F. The van der Waals surface area contributed by atoms with Crippen LogP contribution in [0.3, 0.4) is 0 Å². The summed E-state index contributed by atoms with van der Waals surface area (Å²) in [6.45, 7) is 0. The summed E-state index contributed by atoms with van der Waals surface area (Å²) in [7, 11) is 0. The van der Waals surface area contributed by atoms with E-state index >= 15 is 0 Å². The second-order valence-corrected chi connectivity index (χ2v) is 2.65. The first-order valence-electron chi connectivity index (χ1n) is 3.73. The zero-order valence-electron chi connectivity index (χ0n) is 7.32. The van der Waals surface area contributed by atoms with E-state index in [2.05, 4.69) is 4.98 Å². The number of aromatic nitrogens is 1. The molecule has 0 aliphatic heterocycles. The molecule has 0 atom stereocenters. The van der Waals surface area contributed by atoms with Gasteiger partial charge in [-0.2, -0.15) is 18.4 Å². The first-order valence-corrected chi connectivity index (χ1v) is 3.73. The van der Waals surface area contributed by atoms with Crippen molar-refractivity contribution in [2.45, 2.75) is 12.6 Å². The smallest absolute Gasteiger partial charge is 0.251 e. The Hall–Kier alpha value is -1.78. The van der Waals surface area contributed by atoms with Crippen molar-refractivity contribution in [2.75, 3.05) is 0 Å². The average Bonchev–Trinajstić information content (AvgIpc) is 2.14. The molecule has 0 aromatic carbocycles. The van der Waals surface area contributed by atoms with E-state index < -0.39 is 35.2 Å². The first kappa shape index (κ1) is 12.3. The Balaban J connectivity index is 3.60. The minimum absolute atomic E-state index is 0.0190. The van der Waals surface area contributed by atoms with Gasteiger partial charge >= 0.3 is 6.18 Å². The lowest BCUT2D eigenvalue weighted by Gasteiger charge is -2.11. The zero-order chi connectivity index (χ0) is 12.5. The molecule has 1 rings (SSSR count). The number of nitriles is 1. The molecule has 0 saturated heterocycles. The van der Waals surface area contributed by atoms with Crippen LogP contribution >= 0.6 is 0 Å². The summed E-state index contributed by atoms with van der Waals surface area (Å²) in [6, 6.07) is 0.890. The van der Waals surface area contributed by atoms with Gasteiger partial charge in [0.05, 0.1) is 11.8 Å². The van der Waals surface area contributed by atoms with Gasteiger partial charge in [0, 0.05) is 0 Å². The number of nitrogens with zero attached hydrogens (tertiary/aromatic N) is 2. The molecule has 1 aromatic rings. The monoisotopic (exact) mass is 240 g/mol. The van der Waals surface area contributed by atoms with Crippen LogP contribution in [0.2, 0.25) is 0 Å². The van der Waals surface area contributed by atoms with Crippen molar-refractivity contribution in [3.05, 3.63) is 28.8 Å². The van der Waals surface area contributed by atoms with Crippen LogP contribution < -0.4 is 0 Å². The number of pyridine rings is 1. The molecule has 1 aromatic heterocycles. The lowest BCUT2D eigenvalue weighted by molar-refractivity contribution is -0.140. The second kappa shape index (κ2) is 4.00. The molecule has 16 heavy (non-hydrogen) atoms. The van der Waals surface area contributed by atoms with Crippen molar-refractivity contribution >= 4 is 0 Å². The molecular weight excluding hydrogens is 238 g/mol. The summed E-state index contributed by atoms with van der Waals surface area (Å²) in [6.07, 6.45) is -8.58. The number of halogens is 6. The third-order valence-corrected chi connectivity index (χ3v) is 1.66. The molecule has 0 amide bonds. The quantitative estimate of drug-likeness (QED) is 0.707. The number of hydrogen-bond acceptors (Lipinski definition) is 2. The molecule has 0 fully saturated rings. The molecule has 0 unspecified atom stereocenters. The van der Waals surface area contributed by atoms with Gasteiger partial charge in [-0.05, 0) is 0 Å². The summed E-state index contributed by atoms with van der Waals surface area (Å²) in [4.78, 5) is 2.78. The highest BCUT2D eigenvalue weighted by molar-refractivity contribution is 5.43. The van der Waals surface area contributed by atoms with Gasteiger partial charge in [0.25, 0.3) is 6.43 Å². The Bertz CT molecular complexity index is 445. The Kier molecular flexibility index (Phi) is 3.07. The van der Waals surface area contributed by atoms with Crippen LogP contribution in [0.5, 0.6) is 0 Å². The first-order chi connectivity index (χ1) is 7.29. The molecule has 0 bridgehead atoms. The van der Waals surface area contributed by atoms with E-state index in [1.807, 2.05) is 0 Å². The predicted octanol–water partition coefficient (Wildman–Crippen LogP) is 3.05. The zero-order valence-corrected chi connectivity index (χ0v) is 7.32. The fourth-order valence-corrected chi connectivity index (χ4v) is 1.06. The summed E-state index contributed by atoms with van der Waals surface area (Å²) in [5.41, 5.74) is -4.88. The van der Waals surface area contributed by atoms with Crippen molar-refractivity contribution < 1.29 is 26.3 Å². The van der Waals surface area contributed by atoms with Crippen LogP contribution in [0.15, 0.2) is 6.20 Å². The van der Waals surface area contributed by atoms with Crippen LogP contribution in [0.1, 0.15) is 23.2 Å². The van der Waals surface area contributed by atoms with E-state index in [0.717, 1.165) is 6.07 Å². The Morgan fingerprint density at radius 2 is 1.88 bits per heavy atom. The van der Waals surface area contributed by atoms with Crippen molar-refractivity contribution in [1.82, 2.24) is 4.98 Å². The van der Waals surface area contributed by atoms with E-state index in [0.29, 0.717) is 0 Å². The molecule has 2 nitrogen and oxygen atoms in total.